The van der Waals surface area contributed by atoms with Crippen molar-refractivity contribution in [3.8, 4) is 44.9 Å². The lowest BCUT2D eigenvalue weighted by atomic mass is 9.65. The maximum absolute atomic E-state index is 7.24. The van der Waals surface area contributed by atoms with Crippen molar-refractivity contribution in [3.05, 3.63) is 258 Å². The van der Waals surface area contributed by atoms with Gasteiger partial charge in [0, 0.05) is 64.4 Å². The molecule has 2 heterocycles. The third-order valence-corrected chi connectivity index (χ3v) is 16.9. The molecule has 1 aliphatic heterocycles. The van der Waals surface area contributed by atoms with Crippen molar-refractivity contribution in [1.82, 2.24) is 0 Å². The molecular formula is C66H43NOS. The molecule has 15 rings (SSSR count). The van der Waals surface area contributed by atoms with Crippen molar-refractivity contribution in [2.24, 2.45) is 0 Å². The van der Waals surface area contributed by atoms with Crippen LogP contribution in [0.2, 0.25) is 0 Å². The highest BCUT2D eigenvalue weighted by Gasteiger charge is 2.52. The lowest BCUT2D eigenvalue weighted by Crippen LogP contribution is -2.32. The van der Waals surface area contributed by atoms with Crippen LogP contribution < -0.4 is 9.64 Å². The van der Waals surface area contributed by atoms with Crippen LogP contribution in [0, 0.1) is 0 Å². The molecule has 69 heavy (non-hydrogen) atoms. The number of nitrogens with zero attached hydrogens (tertiary/aromatic N) is 1. The Morgan fingerprint density at radius 2 is 0.957 bits per heavy atom. The van der Waals surface area contributed by atoms with Gasteiger partial charge in [-0.1, -0.05) is 196 Å². The molecule has 2 nitrogen and oxygen atoms in total. The summed E-state index contributed by atoms with van der Waals surface area (Å²) in [5.41, 5.74) is 17.8. The largest absolute Gasteiger partial charge is 0.455 e. The zero-order chi connectivity index (χ0) is 45.6. The van der Waals surface area contributed by atoms with Gasteiger partial charge in [-0.15, -0.1) is 11.3 Å². The van der Waals surface area contributed by atoms with Crippen molar-refractivity contribution in [1.29, 1.82) is 0 Å². The Labute approximate surface area is 405 Å². The molecule has 0 saturated carbocycles. The van der Waals surface area contributed by atoms with E-state index in [1.165, 1.54) is 103 Å². The first-order valence-corrected chi connectivity index (χ1v) is 24.8. The smallest absolute Gasteiger partial charge is 0.140 e. The topological polar surface area (TPSA) is 12.5 Å². The van der Waals surface area contributed by atoms with Crippen molar-refractivity contribution in [2.45, 2.75) is 24.7 Å². The van der Waals surface area contributed by atoms with Gasteiger partial charge < -0.3 is 9.64 Å². The van der Waals surface area contributed by atoms with Gasteiger partial charge in [-0.05, 0) is 103 Å². The maximum atomic E-state index is 7.24. The predicted molar refractivity (Wildman–Crippen MR) is 289 cm³/mol. The number of rotatable bonds is 4. The zero-order valence-electron chi connectivity index (χ0n) is 38.1. The molecule has 3 aliphatic rings. The number of hydrogen-bond acceptors (Lipinski definition) is 3. The lowest BCUT2D eigenvalue weighted by Gasteiger charge is -2.40. The van der Waals surface area contributed by atoms with Crippen LogP contribution in [0.1, 0.15) is 47.2 Å². The monoisotopic (exact) mass is 897 g/mol. The van der Waals surface area contributed by atoms with Crippen molar-refractivity contribution >= 4 is 70.1 Å². The van der Waals surface area contributed by atoms with Crippen LogP contribution in [0.15, 0.2) is 224 Å². The highest BCUT2D eigenvalue weighted by Crippen LogP contribution is 2.64. The molecule has 1 spiro atoms. The number of ether oxygens (including phenoxy) is 1. The first kappa shape index (κ1) is 38.8. The Bertz CT molecular complexity index is 4070. The van der Waals surface area contributed by atoms with E-state index in [-0.39, 0.29) is 5.41 Å². The van der Waals surface area contributed by atoms with Gasteiger partial charge >= 0.3 is 0 Å². The van der Waals surface area contributed by atoms with E-state index in [0.29, 0.717) is 0 Å². The van der Waals surface area contributed by atoms with E-state index in [4.69, 9.17) is 4.74 Å². The molecule has 0 saturated heterocycles. The zero-order valence-corrected chi connectivity index (χ0v) is 38.9. The summed E-state index contributed by atoms with van der Waals surface area (Å²) in [6.45, 7) is 4.73. The summed E-state index contributed by atoms with van der Waals surface area (Å²) in [4.78, 5) is 2.49. The summed E-state index contributed by atoms with van der Waals surface area (Å²) in [7, 11) is 0. The number of hydrogen-bond donors (Lipinski definition) is 0. The predicted octanol–water partition coefficient (Wildman–Crippen LogP) is 18.3. The van der Waals surface area contributed by atoms with Gasteiger partial charge in [0.25, 0.3) is 0 Å². The Balaban J connectivity index is 0.928. The quantitative estimate of drug-likeness (QED) is 0.175. The van der Waals surface area contributed by atoms with Gasteiger partial charge in [-0.2, -0.15) is 0 Å². The van der Waals surface area contributed by atoms with Crippen LogP contribution in [-0.2, 0) is 10.8 Å². The third-order valence-electron chi connectivity index (χ3n) is 15.7. The molecule has 12 aromatic rings. The maximum Gasteiger partial charge on any atom is 0.140 e. The Hall–Kier alpha value is -8.24. The number of thiophene rings is 1. The van der Waals surface area contributed by atoms with E-state index >= 15 is 0 Å². The van der Waals surface area contributed by atoms with E-state index in [1.54, 1.807) is 0 Å². The van der Waals surface area contributed by atoms with Gasteiger partial charge in [0.1, 0.15) is 11.5 Å². The molecular weight excluding hydrogens is 855 g/mol. The minimum absolute atomic E-state index is 0.122. The van der Waals surface area contributed by atoms with Crippen LogP contribution in [0.3, 0.4) is 0 Å². The molecule has 0 N–H and O–H groups in total. The highest BCUT2D eigenvalue weighted by molar-refractivity contribution is 7.25. The second-order valence-corrected chi connectivity index (χ2v) is 20.6. The van der Waals surface area contributed by atoms with Crippen molar-refractivity contribution in [3.63, 3.8) is 0 Å². The van der Waals surface area contributed by atoms with Gasteiger partial charge in [0.15, 0.2) is 0 Å². The second kappa shape index (κ2) is 14.1. The van der Waals surface area contributed by atoms with E-state index in [9.17, 15) is 0 Å². The Kier molecular flexibility index (Phi) is 7.96. The average molecular weight is 898 g/mol. The fraction of sp³-hybridized carbons (Fsp3) is 0.0606. The van der Waals surface area contributed by atoms with E-state index in [1.807, 2.05) is 11.3 Å². The highest BCUT2D eigenvalue weighted by atomic mass is 32.1. The molecule has 0 bridgehead atoms. The van der Waals surface area contributed by atoms with E-state index < -0.39 is 5.41 Å². The fourth-order valence-electron chi connectivity index (χ4n) is 12.6. The van der Waals surface area contributed by atoms with E-state index in [2.05, 4.69) is 243 Å². The molecule has 0 atom stereocenters. The van der Waals surface area contributed by atoms with Crippen molar-refractivity contribution in [2.75, 3.05) is 4.90 Å². The molecule has 3 heteroatoms. The molecule has 0 radical (unpaired) electrons. The summed E-state index contributed by atoms with van der Waals surface area (Å²) in [6.07, 6.45) is 0. The van der Waals surface area contributed by atoms with Crippen LogP contribution in [0.4, 0.5) is 17.1 Å². The number of fused-ring (bicyclic) bond motifs is 19. The van der Waals surface area contributed by atoms with Gasteiger partial charge in [0.2, 0.25) is 0 Å². The first-order chi connectivity index (χ1) is 34.0. The fourth-order valence-corrected chi connectivity index (χ4v) is 13.7. The minimum atomic E-state index is -0.612. The number of anilines is 3. The molecule has 0 fully saturated rings. The Morgan fingerprint density at radius 3 is 1.71 bits per heavy atom. The molecule has 0 amide bonds. The summed E-state index contributed by atoms with van der Waals surface area (Å²) in [5.74, 6) is 1.86. The molecule has 1 aromatic heterocycles. The Morgan fingerprint density at radius 1 is 0.377 bits per heavy atom. The lowest BCUT2D eigenvalue weighted by molar-refractivity contribution is 0.447. The van der Waals surface area contributed by atoms with Crippen LogP contribution in [-0.4, -0.2) is 0 Å². The summed E-state index contributed by atoms with van der Waals surface area (Å²) in [5, 5.41) is 7.19. The van der Waals surface area contributed by atoms with Crippen LogP contribution >= 0.6 is 11.3 Å². The summed E-state index contributed by atoms with van der Waals surface area (Å²) < 4.78 is 9.83. The molecule has 324 valence electrons. The third kappa shape index (κ3) is 5.26. The van der Waals surface area contributed by atoms with Crippen LogP contribution in [0.25, 0.3) is 75.1 Å². The first-order valence-electron chi connectivity index (χ1n) is 24.0. The van der Waals surface area contributed by atoms with Gasteiger partial charge in [-0.25, -0.2) is 0 Å². The van der Waals surface area contributed by atoms with E-state index in [0.717, 1.165) is 33.6 Å². The average Bonchev–Trinajstić information content (AvgIpc) is 4.00. The standard InChI is InChI=1S/C66H43NOS/c1-65(2)53-21-10-8-20-52(53)62-55(65)23-13-24-59(62)67(45-33-35-51-50-19-9-12-25-60(50)69-61(51)39-45)44-31-26-40(27-32-44)43-28-34-49-48-18-7-11-22-54(48)66(58(49)38-43)56-36-29-41-14-3-5-16-46(41)63(56)68-64-47-17-6-4-15-42(47)30-37-57(64)66/h3-39H,1-2H3. The number of benzene rings is 11. The molecule has 11 aromatic carbocycles. The SMILES string of the molecule is CC1(C)c2ccccc2-c2c(N(c3ccc(-c4ccc5c(c4)C4(c6ccccc6-5)c5ccc6ccccc6c5Oc5c4ccc4ccccc54)cc3)c3ccc4c(c3)sc3ccccc34)cccc21. The van der Waals surface area contributed by atoms with Gasteiger partial charge in [-0.3, -0.25) is 0 Å². The normalized spacial score (nSPS) is 14.3. The summed E-state index contributed by atoms with van der Waals surface area (Å²) >= 11 is 1.87. The second-order valence-electron chi connectivity index (χ2n) is 19.5. The summed E-state index contributed by atoms with van der Waals surface area (Å²) in [6, 6.07) is 83.7. The van der Waals surface area contributed by atoms with Crippen molar-refractivity contribution < 1.29 is 4.74 Å². The van der Waals surface area contributed by atoms with Gasteiger partial charge in [0.05, 0.1) is 11.1 Å². The molecule has 2 aliphatic carbocycles. The van der Waals surface area contributed by atoms with Crippen LogP contribution in [0.5, 0.6) is 11.5 Å². The minimum Gasteiger partial charge on any atom is -0.455 e. The molecule has 0 unspecified atom stereocenters.